The number of nitrogens with zero attached hydrogens (tertiary/aromatic N) is 4. The average Bonchev–Trinajstić information content (AvgIpc) is 3.48. The molecule has 3 heterocycles. The second-order valence-corrected chi connectivity index (χ2v) is 9.22. The highest BCUT2D eigenvalue weighted by atomic mass is 16.5. The SMILES string of the molecule is COc1cccc(Oc2nc(N3CCCC3)nc3c2CN(Cc2cc(OC)c(OC)c(OC)c2)CC3)c1. The molecule has 0 spiro atoms. The van der Waals surface area contributed by atoms with Gasteiger partial charge in [-0.2, -0.15) is 4.98 Å². The highest BCUT2D eigenvalue weighted by molar-refractivity contribution is 5.54. The Morgan fingerprint density at radius 1 is 0.811 bits per heavy atom. The van der Waals surface area contributed by atoms with E-state index in [0.29, 0.717) is 42.0 Å². The Kier molecular flexibility index (Phi) is 7.50. The van der Waals surface area contributed by atoms with Gasteiger partial charge < -0.3 is 28.6 Å². The molecule has 0 radical (unpaired) electrons. The molecule has 0 unspecified atom stereocenters. The first-order chi connectivity index (χ1) is 18.1. The van der Waals surface area contributed by atoms with Gasteiger partial charge in [-0.15, -0.1) is 0 Å². The number of hydrogen-bond donors (Lipinski definition) is 0. The van der Waals surface area contributed by atoms with Crippen LogP contribution in [0.25, 0.3) is 0 Å². The van der Waals surface area contributed by atoms with Crippen LogP contribution in [0.3, 0.4) is 0 Å². The van der Waals surface area contributed by atoms with E-state index in [-0.39, 0.29) is 0 Å². The third-order valence-electron chi connectivity index (χ3n) is 6.86. The second kappa shape index (κ2) is 11.1. The van der Waals surface area contributed by atoms with Crippen LogP contribution in [0.1, 0.15) is 29.7 Å². The summed E-state index contributed by atoms with van der Waals surface area (Å²) in [6, 6.07) is 11.6. The summed E-state index contributed by atoms with van der Waals surface area (Å²) in [4.78, 5) is 14.5. The van der Waals surface area contributed by atoms with E-state index >= 15 is 0 Å². The molecule has 37 heavy (non-hydrogen) atoms. The molecule has 2 aromatic carbocycles. The van der Waals surface area contributed by atoms with Crippen molar-refractivity contribution in [1.82, 2.24) is 14.9 Å². The monoisotopic (exact) mass is 506 g/mol. The van der Waals surface area contributed by atoms with Gasteiger partial charge in [-0.1, -0.05) is 6.07 Å². The van der Waals surface area contributed by atoms with Crippen molar-refractivity contribution in [1.29, 1.82) is 0 Å². The number of fused-ring (bicyclic) bond motifs is 1. The fourth-order valence-corrected chi connectivity index (χ4v) is 4.97. The van der Waals surface area contributed by atoms with Crippen LogP contribution in [0.2, 0.25) is 0 Å². The molecule has 9 heteroatoms. The maximum atomic E-state index is 6.38. The van der Waals surface area contributed by atoms with E-state index in [0.717, 1.165) is 67.4 Å². The molecule has 0 aliphatic carbocycles. The number of benzene rings is 2. The first-order valence-electron chi connectivity index (χ1n) is 12.6. The lowest BCUT2D eigenvalue weighted by atomic mass is 10.1. The van der Waals surface area contributed by atoms with Crippen LogP contribution >= 0.6 is 0 Å². The Balaban J connectivity index is 1.44. The molecule has 0 N–H and O–H groups in total. The van der Waals surface area contributed by atoms with Gasteiger partial charge in [0.25, 0.3) is 0 Å². The van der Waals surface area contributed by atoms with Crippen LogP contribution in [0.4, 0.5) is 5.95 Å². The van der Waals surface area contributed by atoms with Crippen molar-refractivity contribution in [3.63, 3.8) is 0 Å². The van der Waals surface area contributed by atoms with Crippen LogP contribution in [0.15, 0.2) is 36.4 Å². The molecular weight excluding hydrogens is 472 g/mol. The first-order valence-corrected chi connectivity index (χ1v) is 12.6. The van der Waals surface area contributed by atoms with Gasteiger partial charge in [0.1, 0.15) is 11.5 Å². The number of aromatic nitrogens is 2. The normalized spacial score (nSPS) is 15.3. The van der Waals surface area contributed by atoms with E-state index in [1.165, 1.54) is 0 Å². The number of ether oxygens (including phenoxy) is 5. The molecule has 2 aliphatic rings. The van der Waals surface area contributed by atoms with Gasteiger partial charge in [-0.3, -0.25) is 4.90 Å². The lowest BCUT2D eigenvalue weighted by Gasteiger charge is -2.30. The number of methoxy groups -OCH3 is 4. The Labute approximate surface area is 217 Å². The topological polar surface area (TPSA) is 78.4 Å². The van der Waals surface area contributed by atoms with Crippen LogP contribution in [-0.2, 0) is 19.5 Å². The summed E-state index contributed by atoms with van der Waals surface area (Å²) in [5, 5.41) is 0. The zero-order valence-electron chi connectivity index (χ0n) is 22.0. The van der Waals surface area contributed by atoms with Crippen LogP contribution < -0.4 is 28.6 Å². The van der Waals surface area contributed by atoms with Crippen molar-refractivity contribution in [2.75, 3.05) is 53.0 Å². The van der Waals surface area contributed by atoms with Crippen molar-refractivity contribution in [3.05, 3.63) is 53.2 Å². The standard InChI is InChI=1S/C28H34N4O5/c1-33-20-8-7-9-21(16-20)37-27-22-18-31(13-10-23(22)29-28(30-27)32-11-5-6-12-32)17-19-14-24(34-2)26(36-4)25(15-19)35-3/h7-9,14-16H,5-6,10-13,17-18H2,1-4H3. The largest absolute Gasteiger partial charge is 0.497 e. The predicted molar refractivity (Wildman–Crippen MR) is 140 cm³/mol. The fourth-order valence-electron chi connectivity index (χ4n) is 4.97. The Bertz CT molecular complexity index is 1220. The maximum absolute atomic E-state index is 6.38. The van der Waals surface area contributed by atoms with Crippen molar-refractivity contribution in [2.45, 2.75) is 32.4 Å². The van der Waals surface area contributed by atoms with Crippen molar-refractivity contribution < 1.29 is 23.7 Å². The third kappa shape index (κ3) is 5.36. The van der Waals surface area contributed by atoms with E-state index in [9.17, 15) is 0 Å². The van der Waals surface area contributed by atoms with E-state index in [2.05, 4.69) is 9.80 Å². The quantitative estimate of drug-likeness (QED) is 0.418. The van der Waals surface area contributed by atoms with Crippen molar-refractivity contribution in [2.24, 2.45) is 0 Å². The predicted octanol–water partition coefficient (Wildman–Crippen LogP) is 4.46. The number of rotatable bonds is 9. The van der Waals surface area contributed by atoms with Gasteiger partial charge in [0.2, 0.25) is 17.6 Å². The van der Waals surface area contributed by atoms with Gasteiger partial charge >= 0.3 is 0 Å². The Morgan fingerprint density at radius 3 is 2.22 bits per heavy atom. The molecule has 0 atom stereocenters. The van der Waals surface area contributed by atoms with E-state index in [4.69, 9.17) is 33.7 Å². The Hall–Kier alpha value is -3.72. The fraction of sp³-hybridized carbons (Fsp3) is 0.429. The van der Waals surface area contributed by atoms with Crippen molar-refractivity contribution >= 4 is 5.95 Å². The van der Waals surface area contributed by atoms with Crippen LogP contribution in [0.5, 0.6) is 34.6 Å². The molecule has 0 bridgehead atoms. The molecule has 0 amide bonds. The summed E-state index contributed by atoms with van der Waals surface area (Å²) < 4.78 is 28.4. The second-order valence-electron chi connectivity index (χ2n) is 9.22. The average molecular weight is 507 g/mol. The van der Waals surface area contributed by atoms with Gasteiger partial charge in [0.15, 0.2) is 11.5 Å². The number of hydrogen-bond acceptors (Lipinski definition) is 9. The Morgan fingerprint density at radius 2 is 1.54 bits per heavy atom. The summed E-state index contributed by atoms with van der Waals surface area (Å²) in [6.45, 7) is 4.21. The summed E-state index contributed by atoms with van der Waals surface area (Å²) in [5.41, 5.74) is 3.14. The lowest BCUT2D eigenvalue weighted by molar-refractivity contribution is 0.237. The summed E-state index contributed by atoms with van der Waals surface area (Å²) in [5.74, 6) is 4.68. The molecule has 9 nitrogen and oxygen atoms in total. The first kappa shape index (κ1) is 25.0. The molecule has 0 saturated carbocycles. The molecule has 1 aromatic heterocycles. The molecule has 1 saturated heterocycles. The summed E-state index contributed by atoms with van der Waals surface area (Å²) in [6.07, 6.45) is 3.14. The van der Waals surface area contributed by atoms with E-state index in [1.807, 2.05) is 36.4 Å². The molecule has 3 aromatic rings. The summed E-state index contributed by atoms with van der Waals surface area (Å²) in [7, 11) is 6.53. The lowest BCUT2D eigenvalue weighted by Crippen LogP contribution is -2.32. The maximum Gasteiger partial charge on any atom is 0.228 e. The number of anilines is 1. The van der Waals surface area contributed by atoms with Gasteiger partial charge in [-0.05, 0) is 42.7 Å². The highest BCUT2D eigenvalue weighted by Gasteiger charge is 2.27. The third-order valence-corrected chi connectivity index (χ3v) is 6.86. The molecule has 2 aliphatic heterocycles. The van der Waals surface area contributed by atoms with Gasteiger partial charge in [0.05, 0.1) is 39.7 Å². The minimum Gasteiger partial charge on any atom is -0.497 e. The summed E-state index contributed by atoms with van der Waals surface area (Å²) >= 11 is 0. The van der Waals surface area contributed by atoms with E-state index in [1.54, 1.807) is 28.4 Å². The van der Waals surface area contributed by atoms with Gasteiger partial charge in [-0.25, -0.2) is 4.98 Å². The minimum absolute atomic E-state index is 0.592. The zero-order chi connectivity index (χ0) is 25.8. The van der Waals surface area contributed by atoms with Crippen molar-refractivity contribution in [3.8, 4) is 34.6 Å². The van der Waals surface area contributed by atoms with Crippen LogP contribution in [-0.4, -0.2) is 62.9 Å². The minimum atomic E-state index is 0.592. The molecule has 196 valence electrons. The molecular formula is C28H34N4O5. The smallest absolute Gasteiger partial charge is 0.228 e. The highest BCUT2D eigenvalue weighted by Crippen LogP contribution is 2.39. The van der Waals surface area contributed by atoms with Gasteiger partial charge in [0, 0.05) is 45.2 Å². The zero-order valence-corrected chi connectivity index (χ0v) is 22.0. The van der Waals surface area contributed by atoms with E-state index < -0.39 is 0 Å². The van der Waals surface area contributed by atoms with Crippen LogP contribution in [0, 0.1) is 0 Å². The molecule has 1 fully saturated rings. The molecule has 5 rings (SSSR count).